The van der Waals surface area contributed by atoms with E-state index in [0.717, 1.165) is 0 Å². The van der Waals surface area contributed by atoms with Crippen molar-refractivity contribution in [2.24, 2.45) is 0 Å². The summed E-state index contributed by atoms with van der Waals surface area (Å²) < 4.78 is 1.45. The molecule has 0 aromatic heterocycles. The zero-order chi connectivity index (χ0) is 47.2. The van der Waals surface area contributed by atoms with Crippen LogP contribution in [0.3, 0.4) is 0 Å². The zero-order valence-corrected chi connectivity index (χ0v) is 46.2. The van der Waals surface area contributed by atoms with Crippen LogP contribution in [0.1, 0.15) is 44.4 Å². The van der Waals surface area contributed by atoms with Gasteiger partial charge >= 0.3 is 420 Å². The molecule has 0 heterocycles. The van der Waals surface area contributed by atoms with Gasteiger partial charge in [0, 0.05) is 0 Å². The number of hydrogen-bond acceptors (Lipinski definition) is 0. The molecule has 0 nitrogen and oxygen atoms in total. The van der Waals surface area contributed by atoms with Gasteiger partial charge in [-0.3, -0.25) is 0 Å². The van der Waals surface area contributed by atoms with Gasteiger partial charge in [0.1, 0.15) is 0 Å². The van der Waals surface area contributed by atoms with Crippen LogP contribution in [0.2, 0.25) is 5.04 Å². The van der Waals surface area contributed by atoms with Gasteiger partial charge in [0.05, 0.1) is 0 Å². The van der Waals surface area contributed by atoms with E-state index < -0.39 is 13.1 Å². The largest absolute Gasteiger partial charge is 1.00 e. The molecule has 0 N–H and O–H groups in total. The molecule has 1 aliphatic carbocycles. The van der Waals surface area contributed by atoms with Crippen LogP contribution in [0, 0.1) is 20.8 Å². The van der Waals surface area contributed by atoms with Crippen LogP contribution >= 0.6 is 0 Å². The van der Waals surface area contributed by atoms with Crippen molar-refractivity contribution in [2.45, 2.75) is 53.5 Å². The Labute approximate surface area is 453 Å². The van der Waals surface area contributed by atoms with E-state index in [0.29, 0.717) is 0 Å². The van der Waals surface area contributed by atoms with Gasteiger partial charge in [-0.25, -0.2) is 0 Å². The number of halogens is 3. The minimum Gasteiger partial charge on any atom is -1.00 e. The second kappa shape index (κ2) is 21.9. The fourth-order valence-corrected chi connectivity index (χ4v) is 20.2. The standard InChI is InChI=1S/C66H57Si.3ClH.Ti/c1-45-38-57(51-26-14-8-15-27-51)63(54-32-20-11-21-33-54)60(41-45)67(66(7)44-48(4)49(5)50(66)6,61-42-46(2)39-58(52-28-16-9-17-29-52)64(61)55-34-22-12-23-35-55)62-43-47(3)40-59(53-30-18-10-19-31-53)65(62)56-36-24-13-25-37-56;;;;/h8-43H,1-7H3;3*1H;/q;;;;+3/p-3. The van der Waals surface area contributed by atoms with Crippen LogP contribution in [0.4, 0.5) is 0 Å². The van der Waals surface area contributed by atoms with Gasteiger partial charge in [0.15, 0.2) is 0 Å². The second-order valence-corrected chi connectivity index (χ2v) is 23.9. The van der Waals surface area contributed by atoms with Crippen molar-refractivity contribution in [3.8, 4) is 66.8 Å². The molecule has 71 heavy (non-hydrogen) atoms. The van der Waals surface area contributed by atoms with E-state index in [1.807, 2.05) is 0 Å². The third kappa shape index (κ3) is 9.12. The molecule has 0 aliphatic heterocycles. The van der Waals surface area contributed by atoms with E-state index in [-0.39, 0.29) is 37.2 Å². The summed E-state index contributed by atoms with van der Waals surface area (Å²) in [6.07, 6.45) is 0. The Kier molecular flexibility index (Phi) is 16.4. The van der Waals surface area contributed by atoms with Gasteiger partial charge in [-0.2, -0.15) is 0 Å². The maximum Gasteiger partial charge on any atom is -1.00 e. The van der Waals surface area contributed by atoms with Gasteiger partial charge < -0.3 is 37.2 Å². The Morgan fingerprint density at radius 1 is 0.324 bits per heavy atom. The SMILES string of the molecule is CC1=C(C)C(C)([Si](c2cc(C)cc(-c3ccccc3)c2-c2ccccc2)(c2cc(C)cc(-c3ccccc3)c2-c2ccccc2)c2cc(C)cc(-c3ccccc3)c2-c2ccccc2)[C]([Ti+3])=C1C.[Cl-].[Cl-].[Cl-]. The molecule has 0 fully saturated rings. The minimum absolute atomic E-state index is 0. The van der Waals surface area contributed by atoms with Crippen molar-refractivity contribution in [3.05, 3.63) is 256 Å². The Balaban J connectivity index is 0.00000247. The van der Waals surface area contributed by atoms with Crippen molar-refractivity contribution < 1.29 is 57.7 Å². The number of benzene rings is 9. The first-order chi connectivity index (χ1) is 33.0. The molecule has 10 rings (SSSR count). The maximum atomic E-state index is 2.65. The van der Waals surface area contributed by atoms with Crippen LogP contribution in [-0.4, -0.2) is 8.07 Å². The molecule has 0 radical (unpaired) electrons. The van der Waals surface area contributed by atoms with Crippen molar-refractivity contribution in [3.63, 3.8) is 0 Å². The van der Waals surface area contributed by atoms with Crippen molar-refractivity contribution >= 4 is 23.6 Å². The van der Waals surface area contributed by atoms with Gasteiger partial charge in [-0.1, -0.05) is 0 Å². The third-order valence-corrected chi connectivity index (χ3v) is 22.5. The average Bonchev–Trinajstić information content (AvgIpc) is 3.53. The number of allylic oxidation sites excluding steroid dienone is 4. The molecule has 0 spiro atoms. The monoisotopic (exact) mass is 1030 g/mol. The first-order valence-electron chi connectivity index (χ1n) is 23.9. The normalized spacial score (nSPS) is 14.4. The van der Waals surface area contributed by atoms with Crippen LogP contribution in [0.25, 0.3) is 66.8 Å². The van der Waals surface area contributed by atoms with Gasteiger partial charge in [0.2, 0.25) is 0 Å². The Morgan fingerprint density at radius 2 is 0.563 bits per heavy atom. The summed E-state index contributed by atoms with van der Waals surface area (Å²) in [5, 5.41) is 3.81. The minimum atomic E-state index is -3.71. The van der Waals surface area contributed by atoms with Crippen molar-refractivity contribution in [1.82, 2.24) is 0 Å². The molecule has 0 amide bonds. The Hall–Kier alpha value is -5.74. The predicted octanol–water partition coefficient (Wildman–Crippen LogP) is 7.03. The molecular weight excluding hydrogens is 975 g/mol. The Morgan fingerprint density at radius 3 is 0.789 bits per heavy atom. The maximum absolute atomic E-state index is 3.71. The summed E-state index contributed by atoms with van der Waals surface area (Å²) in [6.45, 7) is 16.9. The fourth-order valence-electron chi connectivity index (χ4n) is 11.6. The molecule has 0 bridgehead atoms. The third-order valence-electron chi connectivity index (χ3n) is 15.0. The first-order valence-corrected chi connectivity index (χ1v) is 26.7. The van der Waals surface area contributed by atoms with Gasteiger partial charge in [0.25, 0.3) is 0 Å². The summed E-state index contributed by atoms with van der Waals surface area (Å²) in [5.74, 6) is 0. The van der Waals surface area contributed by atoms with Crippen LogP contribution < -0.4 is 52.8 Å². The fraction of sp³-hybridized carbons (Fsp3) is 0.121. The molecule has 5 heteroatoms. The van der Waals surface area contributed by atoms with E-state index >= 15 is 0 Å². The molecular formula is C66H57Cl3SiTi. The van der Waals surface area contributed by atoms with Crippen LogP contribution in [-0.2, 0) is 20.4 Å². The molecule has 9 aromatic rings. The Bertz CT molecular complexity index is 3040. The smallest absolute Gasteiger partial charge is 1.00 e. The quantitative estimate of drug-likeness (QED) is 0.102. The summed E-state index contributed by atoms with van der Waals surface area (Å²) in [4.78, 5) is 0. The molecule has 9 aromatic carbocycles. The molecule has 0 saturated carbocycles. The molecule has 350 valence electrons. The van der Waals surface area contributed by atoms with Gasteiger partial charge in [-0.05, 0) is 0 Å². The van der Waals surface area contributed by atoms with E-state index in [1.165, 1.54) is 120 Å². The topological polar surface area (TPSA) is 0 Å². The molecule has 1 aliphatic rings. The zero-order valence-electron chi connectivity index (χ0n) is 41.4. The van der Waals surface area contributed by atoms with Crippen LogP contribution in [0.5, 0.6) is 0 Å². The number of hydrogen-bond donors (Lipinski definition) is 0. The second-order valence-electron chi connectivity index (χ2n) is 19.0. The van der Waals surface area contributed by atoms with E-state index in [1.54, 1.807) is 0 Å². The number of aryl methyl sites for hydroxylation is 3. The number of rotatable bonds is 10. The van der Waals surface area contributed by atoms with Gasteiger partial charge in [-0.15, -0.1) is 0 Å². The summed E-state index contributed by atoms with van der Waals surface area (Å²) in [6, 6.07) is 82.7. The summed E-state index contributed by atoms with van der Waals surface area (Å²) >= 11 is 2.47. The average molecular weight is 1030 g/mol. The first kappa shape index (κ1) is 53.1. The predicted molar refractivity (Wildman–Crippen MR) is 290 cm³/mol. The molecule has 1 atom stereocenters. The summed E-state index contributed by atoms with van der Waals surface area (Å²) in [7, 11) is -3.71. The van der Waals surface area contributed by atoms with E-state index in [4.69, 9.17) is 0 Å². The summed E-state index contributed by atoms with van der Waals surface area (Å²) in [5.41, 5.74) is 23.0. The van der Waals surface area contributed by atoms with E-state index in [2.05, 4.69) is 287 Å². The van der Waals surface area contributed by atoms with Crippen LogP contribution in [0.15, 0.2) is 239 Å². The van der Waals surface area contributed by atoms with Crippen molar-refractivity contribution in [2.75, 3.05) is 0 Å². The molecule has 0 saturated heterocycles. The molecule has 1 unspecified atom stereocenters. The van der Waals surface area contributed by atoms with Crippen molar-refractivity contribution in [1.29, 1.82) is 0 Å². The van der Waals surface area contributed by atoms with E-state index in [9.17, 15) is 0 Å².